The fourth-order valence-electron chi connectivity index (χ4n) is 4.64. The Kier molecular flexibility index (Phi) is 7.16. The van der Waals surface area contributed by atoms with E-state index in [2.05, 4.69) is 72.8 Å². The van der Waals surface area contributed by atoms with Crippen molar-refractivity contribution in [1.29, 1.82) is 0 Å². The van der Waals surface area contributed by atoms with E-state index < -0.39 is 0 Å². The molecule has 0 fully saturated rings. The summed E-state index contributed by atoms with van der Waals surface area (Å²) in [6.45, 7) is 8.65. The van der Waals surface area contributed by atoms with Crippen molar-refractivity contribution in [1.82, 2.24) is 14.5 Å². The first-order valence-corrected chi connectivity index (χ1v) is 11.5. The number of benzene rings is 3. The summed E-state index contributed by atoms with van der Waals surface area (Å²) >= 11 is 0. The third-order valence-corrected chi connectivity index (χ3v) is 6.07. The van der Waals surface area contributed by atoms with Gasteiger partial charge in [0.1, 0.15) is 0 Å². The number of nitrogens with zero attached hydrogens (tertiary/aromatic N) is 3. The molecule has 1 aliphatic heterocycles. The Bertz CT molecular complexity index is 1480. The zero-order valence-corrected chi connectivity index (χ0v) is 22.7. The standard InChI is InChI=1S/C19H17N2.C12H10N.Ir/c1-13-12-19(2,3)21-17-15(13)10-7-11-16(17)20-18(21)14-8-5-4-6-9-14;1-10-6-5-9-12(13-10)11-7-3-2-4-8-11;/h4-8,10-12H,1-3H3;2-7,9H,1H3;/q2*-1;. The zero-order valence-electron chi connectivity index (χ0n) is 20.3. The first-order chi connectivity index (χ1) is 16.4. The van der Waals surface area contributed by atoms with Crippen LogP contribution in [0.25, 0.3) is 39.3 Å². The van der Waals surface area contributed by atoms with E-state index in [0.717, 1.165) is 33.9 Å². The number of para-hydroxylation sites is 1. The van der Waals surface area contributed by atoms with E-state index in [9.17, 15) is 0 Å². The van der Waals surface area contributed by atoms with E-state index in [1.807, 2.05) is 67.6 Å². The van der Waals surface area contributed by atoms with Crippen molar-refractivity contribution in [2.24, 2.45) is 0 Å². The van der Waals surface area contributed by atoms with Crippen LogP contribution in [0.2, 0.25) is 0 Å². The predicted molar refractivity (Wildman–Crippen MR) is 140 cm³/mol. The van der Waals surface area contributed by atoms with Crippen LogP contribution in [0.3, 0.4) is 0 Å². The van der Waals surface area contributed by atoms with Gasteiger partial charge in [-0.25, -0.2) is 0 Å². The van der Waals surface area contributed by atoms with Gasteiger partial charge in [0, 0.05) is 31.4 Å². The average Bonchev–Trinajstić information content (AvgIpc) is 3.26. The van der Waals surface area contributed by atoms with Crippen LogP contribution in [0.1, 0.15) is 32.0 Å². The van der Waals surface area contributed by atoms with E-state index in [-0.39, 0.29) is 25.6 Å². The number of hydrogen-bond acceptors (Lipinski definition) is 2. The molecule has 1 aliphatic rings. The van der Waals surface area contributed by atoms with Crippen LogP contribution < -0.4 is 0 Å². The van der Waals surface area contributed by atoms with Crippen molar-refractivity contribution >= 4 is 16.6 Å². The monoisotopic (exact) mass is 634 g/mol. The predicted octanol–water partition coefficient (Wildman–Crippen LogP) is 7.51. The first-order valence-electron chi connectivity index (χ1n) is 11.5. The number of hydrogen-bond donors (Lipinski definition) is 0. The van der Waals surface area contributed by atoms with Crippen molar-refractivity contribution in [2.75, 3.05) is 0 Å². The van der Waals surface area contributed by atoms with E-state index in [1.54, 1.807) is 0 Å². The average molecular weight is 634 g/mol. The van der Waals surface area contributed by atoms with Gasteiger partial charge in [-0.05, 0) is 51.1 Å². The second-order valence-electron chi connectivity index (χ2n) is 9.14. The molecule has 0 N–H and O–H groups in total. The Hall–Kier alpha value is -3.33. The Morgan fingerprint density at radius 1 is 0.743 bits per heavy atom. The summed E-state index contributed by atoms with van der Waals surface area (Å²) in [6.07, 6.45) is 2.32. The third-order valence-electron chi connectivity index (χ3n) is 6.07. The normalized spacial score (nSPS) is 13.3. The molecule has 0 amide bonds. The largest absolute Gasteiger partial charge is 0.355 e. The van der Waals surface area contributed by atoms with Crippen LogP contribution in [0.5, 0.6) is 0 Å². The van der Waals surface area contributed by atoms with Crippen LogP contribution in [0.4, 0.5) is 0 Å². The number of aromatic nitrogens is 3. The molecular formula is C31H27IrN3-2. The fraction of sp³-hybridized carbons (Fsp3) is 0.161. The second-order valence-corrected chi connectivity index (χ2v) is 9.14. The maximum atomic E-state index is 4.88. The molecule has 0 unspecified atom stereocenters. The van der Waals surface area contributed by atoms with E-state index in [4.69, 9.17) is 4.98 Å². The summed E-state index contributed by atoms with van der Waals surface area (Å²) in [7, 11) is 0. The molecule has 3 heterocycles. The molecular weight excluding hydrogens is 607 g/mol. The Labute approximate surface area is 220 Å². The smallest absolute Gasteiger partial charge is 0.0777 e. The summed E-state index contributed by atoms with van der Waals surface area (Å²) < 4.78 is 2.34. The van der Waals surface area contributed by atoms with Crippen LogP contribution >= 0.6 is 0 Å². The molecule has 0 aliphatic carbocycles. The molecule has 0 saturated carbocycles. The molecule has 4 heteroatoms. The molecule has 6 rings (SSSR count). The maximum absolute atomic E-state index is 4.88. The summed E-state index contributed by atoms with van der Waals surface area (Å²) in [6, 6.07) is 34.7. The minimum absolute atomic E-state index is 0. The molecule has 3 nitrogen and oxygen atoms in total. The van der Waals surface area contributed by atoms with Gasteiger partial charge in [0.05, 0.1) is 22.4 Å². The molecule has 0 saturated heterocycles. The number of imidazole rings is 1. The Morgan fingerprint density at radius 2 is 1.43 bits per heavy atom. The van der Waals surface area contributed by atoms with Crippen LogP contribution in [-0.2, 0) is 25.6 Å². The molecule has 0 atom stereocenters. The van der Waals surface area contributed by atoms with Gasteiger partial charge in [-0.3, -0.25) is 4.98 Å². The maximum Gasteiger partial charge on any atom is 0.0777 e. The first kappa shape index (κ1) is 24.8. The number of aryl methyl sites for hydroxylation is 1. The number of allylic oxidation sites excluding steroid dienone is 2. The van der Waals surface area contributed by atoms with Crippen LogP contribution in [-0.4, -0.2) is 14.5 Å². The second kappa shape index (κ2) is 10.1. The molecule has 5 aromatic rings. The van der Waals surface area contributed by atoms with E-state index >= 15 is 0 Å². The van der Waals surface area contributed by atoms with Crippen molar-refractivity contribution in [3.63, 3.8) is 0 Å². The zero-order chi connectivity index (χ0) is 23.7. The molecule has 35 heavy (non-hydrogen) atoms. The minimum Gasteiger partial charge on any atom is -0.355 e. The summed E-state index contributed by atoms with van der Waals surface area (Å²) in [5.41, 5.74) is 8.91. The molecule has 1 radical (unpaired) electrons. The van der Waals surface area contributed by atoms with Crippen molar-refractivity contribution in [3.05, 3.63) is 114 Å². The quantitative estimate of drug-likeness (QED) is 0.189. The van der Waals surface area contributed by atoms with Gasteiger partial charge in [-0.2, -0.15) is 0 Å². The fourth-order valence-corrected chi connectivity index (χ4v) is 4.64. The summed E-state index contributed by atoms with van der Waals surface area (Å²) in [5, 5.41) is 0. The number of rotatable bonds is 2. The molecule has 0 bridgehead atoms. The van der Waals surface area contributed by atoms with Gasteiger partial charge in [-0.1, -0.05) is 30.3 Å². The molecule has 177 valence electrons. The van der Waals surface area contributed by atoms with Gasteiger partial charge < -0.3 is 9.55 Å². The molecule has 3 aromatic carbocycles. The third kappa shape index (κ3) is 4.91. The summed E-state index contributed by atoms with van der Waals surface area (Å²) in [4.78, 5) is 9.30. The van der Waals surface area contributed by atoms with Gasteiger partial charge in [-0.15, -0.1) is 71.8 Å². The SMILES string of the molecule is CC1=CC(C)(C)n2c(-c3[c-]cccc3)nc3cccc1c32.Cc1cccc(-c2[c-]cccc2)n1.[Ir]. The van der Waals surface area contributed by atoms with Gasteiger partial charge >= 0.3 is 0 Å². The van der Waals surface area contributed by atoms with Gasteiger partial charge in [0.25, 0.3) is 0 Å². The summed E-state index contributed by atoms with van der Waals surface area (Å²) in [5.74, 6) is 0.992. The number of pyridine rings is 1. The molecule has 0 spiro atoms. The van der Waals surface area contributed by atoms with E-state index in [0.29, 0.717) is 0 Å². The minimum atomic E-state index is -0.0911. The van der Waals surface area contributed by atoms with Gasteiger partial charge in [0.2, 0.25) is 0 Å². The molecule has 2 aromatic heterocycles. The van der Waals surface area contributed by atoms with Crippen molar-refractivity contribution in [3.8, 4) is 22.6 Å². The Morgan fingerprint density at radius 3 is 2.09 bits per heavy atom. The van der Waals surface area contributed by atoms with Crippen LogP contribution in [0.15, 0.2) is 91.0 Å². The van der Waals surface area contributed by atoms with Gasteiger partial charge in [0.15, 0.2) is 0 Å². The topological polar surface area (TPSA) is 30.7 Å². The Balaban J connectivity index is 0.000000179. The van der Waals surface area contributed by atoms with Crippen LogP contribution in [0, 0.1) is 19.1 Å². The van der Waals surface area contributed by atoms with Crippen molar-refractivity contribution < 1.29 is 20.1 Å². The van der Waals surface area contributed by atoms with E-state index in [1.165, 1.54) is 16.7 Å². The van der Waals surface area contributed by atoms with Crippen molar-refractivity contribution in [2.45, 2.75) is 33.2 Å².